The molecule has 9 rings (SSSR count). The van der Waals surface area contributed by atoms with Crippen LogP contribution in [-0.4, -0.2) is 25.6 Å². The highest BCUT2D eigenvalue weighted by molar-refractivity contribution is 6.07. The van der Waals surface area contributed by atoms with Gasteiger partial charge in [0.15, 0.2) is 0 Å². The lowest BCUT2D eigenvalue weighted by Gasteiger charge is -2.14. The van der Waals surface area contributed by atoms with Gasteiger partial charge in [0, 0.05) is 11.1 Å². The predicted octanol–water partition coefficient (Wildman–Crippen LogP) is 9.43. The Hall–Kier alpha value is -6.07. The molecule has 0 saturated heterocycles. The monoisotopic (exact) mass is 561 g/mol. The van der Waals surface area contributed by atoms with E-state index in [-0.39, 0.29) is 0 Å². The third kappa shape index (κ3) is 4.06. The first kappa shape index (κ1) is 24.5. The molecule has 204 valence electrons. The summed E-state index contributed by atoms with van der Waals surface area (Å²) in [4.78, 5) is 5.37. The van der Waals surface area contributed by atoms with Crippen LogP contribution < -0.4 is 0 Å². The molecule has 2 heterocycles. The van der Waals surface area contributed by atoms with Crippen LogP contribution in [0.3, 0.4) is 0 Å². The smallest absolute Gasteiger partial charge is 0.116 e. The van der Waals surface area contributed by atoms with Crippen LogP contribution >= 0.6 is 0 Å². The number of nitrogens with zero attached hydrogens (tertiary/aromatic N) is 5. The van der Waals surface area contributed by atoms with Crippen molar-refractivity contribution in [1.82, 2.24) is 25.6 Å². The summed E-state index contributed by atoms with van der Waals surface area (Å²) in [6.07, 6.45) is 0. The molecule has 0 radical (unpaired) electrons. The molecule has 0 amide bonds. The topological polar surface area (TPSA) is 64.5 Å². The first-order chi connectivity index (χ1) is 21.8. The predicted molar refractivity (Wildman–Crippen MR) is 179 cm³/mol. The summed E-state index contributed by atoms with van der Waals surface area (Å²) in [5, 5.41) is 25.4. The second kappa shape index (κ2) is 9.75. The maximum Gasteiger partial charge on any atom is 0.116 e. The average molecular weight is 562 g/mol. The summed E-state index contributed by atoms with van der Waals surface area (Å²) < 4.78 is 0. The molecule has 0 saturated carbocycles. The second-order valence-electron chi connectivity index (χ2n) is 11.2. The van der Waals surface area contributed by atoms with E-state index >= 15 is 0 Å². The van der Waals surface area contributed by atoms with Gasteiger partial charge in [-0.25, -0.2) is 4.98 Å². The van der Waals surface area contributed by atoms with Gasteiger partial charge in [0.05, 0.1) is 11.4 Å². The summed E-state index contributed by atoms with van der Waals surface area (Å²) in [5.41, 5.74) is 7.47. The minimum absolute atomic E-state index is 0.700. The van der Waals surface area contributed by atoms with E-state index in [2.05, 4.69) is 148 Å². The molecule has 2 aromatic heterocycles. The van der Waals surface area contributed by atoms with Crippen molar-refractivity contribution < 1.29 is 0 Å². The summed E-state index contributed by atoms with van der Waals surface area (Å²) in [5.74, 6) is 0. The molecule has 0 atom stereocenters. The molecular weight excluding hydrogens is 538 g/mol. The number of hydrogen-bond donors (Lipinski definition) is 0. The number of benzene rings is 7. The van der Waals surface area contributed by atoms with E-state index in [4.69, 9.17) is 4.98 Å². The molecule has 0 bridgehead atoms. The Kier molecular flexibility index (Phi) is 5.43. The fourth-order valence-electron chi connectivity index (χ4n) is 6.36. The van der Waals surface area contributed by atoms with E-state index < -0.39 is 0 Å². The van der Waals surface area contributed by atoms with Gasteiger partial charge in [0.2, 0.25) is 0 Å². The fourth-order valence-corrected chi connectivity index (χ4v) is 6.36. The number of pyridine rings is 1. The van der Waals surface area contributed by atoms with E-state index in [9.17, 15) is 0 Å². The molecule has 44 heavy (non-hydrogen) atoms. The number of hydrogen-bond acceptors (Lipinski definition) is 5. The largest absolute Gasteiger partial charge is 0.248 e. The molecule has 9 aromatic rings. The van der Waals surface area contributed by atoms with Gasteiger partial charge in [0.25, 0.3) is 0 Å². The number of aromatic nitrogens is 5. The van der Waals surface area contributed by atoms with E-state index in [1.165, 1.54) is 43.1 Å². The van der Waals surface area contributed by atoms with E-state index in [0.29, 0.717) is 11.0 Å². The Labute approximate surface area is 252 Å². The first-order valence-electron chi connectivity index (χ1n) is 14.6. The van der Waals surface area contributed by atoms with E-state index in [0.717, 1.165) is 33.6 Å². The Bertz CT molecular complexity index is 2440. The van der Waals surface area contributed by atoms with E-state index in [1.54, 1.807) is 0 Å². The lowest BCUT2D eigenvalue weighted by Crippen LogP contribution is -1.95. The summed E-state index contributed by atoms with van der Waals surface area (Å²) >= 11 is 0. The van der Waals surface area contributed by atoms with E-state index in [1.807, 2.05) is 12.1 Å². The molecule has 0 aliphatic carbocycles. The maximum absolute atomic E-state index is 5.37. The van der Waals surface area contributed by atoms with Gasteiger partial charge in [-0.3, -0.25) is 0 Å². The van der Waals surface area contributed by atoms with Gasteiger partial charge in [-0.2, -0.15) is 0 Å². The molecule has 0 fully saturated rings. The van der Waals surface area contributed by atoms with Gasteiger partial charge in [-0.1, -0.05) is 91.0 Å². The minimum Gasteiger partial charge on any atom is -0.248 e. The lowest BCUT2D eigenvalue weighted by atomic mass is 9.94. The van der Waals surface area contributed by atoms with Crippen LogP contribution in [0.5, 0.6) is 0 Å². The Balaban J connectivity index is 1.33. The summed E-state index contributed by atoms with van der Waals surface area (Å²) in [6, 6.07) is 49.4. The molecular formula is C39H23N5. The Morgan fingerprint density at radius 2 is 0.841 bits per heavy atom. The van der Waals surface area contributed by atoms with Gasteiger partial charge in [-0.15, -0.1) is 10.2 Å². The van der Waals surface area contributed by atoms with Crippen LogP contribution in [0.15, 0.2) is 140 Å². The standard InChI is InChI=1S/C39H23N5/c1-3-9-26-19-34-29(17-24(26)7-1)11-5-13-32(34)37-22-31(28-15-16-36-39(21-28)42-44-43-41-36)23-38(40-37)33-14-6-12-30-18-25-8-2-4-10-27(25)20-35(30)33/h1-23H. The van der Waals surface area contributed by atoms with Crippen LogP contribution in [0.1, 0.15) is 0 Å². The number of rotatable bonds is 3. The Morgan fingerprint density at radius 3 is 1.41 bits per heavy atom. The van der Waals surface area contributed by atoms with Crippen molar-refractivity contribution in [2.24, 2.45) is 0 Å². The highest BCUT2D eigenvalue weighted by Gasteiger charge is 2.15. The molecule has 5 nitrogen and oxygen atoms in total. The van der Waals surface area contributed by atoms with Gasteiger partial charge < -0.3 is 0 Å². The van der Waals surface area contributed by atoms with Crippen molar-refractivity contribution in [3.05, 3.63) is 140 Å². The van der Waals surface area contributed by atoms with Crippen molar-refractivity contribution >= 4 is 54.1 Å². The van der Waals surface area contributed by atoms with Crippen molar-refractivity contribution in [3.8, 4) is 33.6 Å². The molecule has 0 unspecified atom stereocenters. The lowest BCUT2D eigenvalue weighted by molar-refractivity contribution is 0.797. The quantitative estimate of drug-likeness (QED) is 0.201. The SMILES string of the molecule is c1ccc2cc3c(-c4cc(-c5ccc6nnnnc6c5)cc(-c5cccc6cc7ccccc7cc56)n4)cccc3cc2c1. The van der Waals surface area contributed by atoms with Crippen LogP contribution in [0.4, 0.5) is 0 Å². The van der Waals surface area contributed by atoms with Gasteiger partial charge in [-0.05, 0) is 113 Å². The van der Waals surface area contributed by atoms with Gasteiger partial charge >= 0.3 is 0 Å². The van der Waals surface area contributed by atoms with Crippen molar-refractivity contribution in [1.29, 1.82) is 0 Å². The van der Waals surface area contributed by atoms with Crippen LogP contribution in [-0.2, 0) is 0 Å². The maximum atomic E-state index is 5.37. The third-order valence-electron chi connectivity index (χ3n) is 8.52. The molecule has 0 N–H and O–H groups in total. The minimum atomic E-state index is 0.700. The van der Waals surface area contributed by atoms with Crippen molar-refractivity contribution in [2.75, 3.05) is 0 Å². The normalized spacial score (nSPS) is 11.6. The second-order valence-corrected chi connectivity index (χ2v) is 11.2. The zero-order chi connectivity index (χ0) is 29.0. The molecule has 0 aliphatic heterocycles. The zero-order valence-corrected chi connectivity index (χ0v) is 23.5. The third-order valence-corrected chi connectivity index (χ3v) is 8.52. The fraction of sp³-hybridized carbons (Fsp3) is 0. The van der Waals surface area contributed by atoms with Crippen LogP contribution in [0.25, 0.3) is 87.8 Å². The van der Waals surface area contributed by atoms with Crippen LogP contribution in [0.2, 0.25) is 0 Å². The summed E-state index contributed by atoms with van der Waals surface area (Å²) in [6.45, 7) is 0. The van der Waals surface area contributed by atoms with Gasteiger partial charge in [0.1, 0.15) is 11.0 Å². The van der Waals surface area contributed by atoms with Crippen molar-refractivity contribution in [3.63, 3.8) is 0 Å². The number of fused-ring (bicyclic) bond motifs is 5. The highest BCUT2D eigenvalue weighted by atomic mass is 15.4. The first-order valence-corrected chi connectivity index (χ1v) is 14.6. The summed E-state index contributed by atoms with van der Waals surface area (Å²) in [7, 11) is 0. The van der Waals surface area contributed by atoms with Crippen LogP contribution in [0, 0.1) is 0 Å². The molecule has 7 aromatic carbocycles. The molecule has 0 aliphatic rings. The average Bonchev–Trinajstić information content (AvgIpc) is 3.09. The Morgan fingerprint density at radius 1 is 0.341 bits per heavy atom. The highest BCUT2D eigenvalue weighted by Crippen LogP contribution is 2.38. The molecule has 0 spiro atoms. The van der Waals surface area contributed by atoms with Crippen molar-refractivity contribution in [2.45, 2.75) is 0 Å². The zero-order valence-electron chi connectivity index (χ0n) is 23.5. The molecule has 5 heteroatoms.